The number of aromatic nitrogens is 3. The average molecular weight is 284 g/mol. The molecule has 0 radical (unpaired) electrons. The van der Waals surface area contributed by atoms with Crippen molar-refractivity contribution in [1.82, 2.24) is 15.0 Å². The third-order valence-corrected chi connectivity index (χ3v) is 3.97. The molecular weight excluding hydrogens is 275 g/mol. The molecule has 0 spiro atoms. The molecule has 4 rings (SSSR count). The van der Waals surface area contributed by atoms with Gasteiger partial charge in [0.2, 0.25) is 0 Å². The third kappa shape index (κ3) is 1.73. The molecule has 4 aromatic rings. The Morgan fingerprint density at radius 3 is 2.80 bits per heavy atom. The van der Waals surface area contributed by atoms with Gasteiger partial charge in [0.25, 0.3) is 0 Å². The first-order valence-electron chi connectivity index (χ1n) is 6.01. The summed E-state index contributed by atoms with van der Waals surface area (Å²) in [5.74, 6) is 0.429. The maximum atomic E-state index is 13.2. The molecule has 0 aliphatic heterocycles. The number of thiazole rings is 1. The highest BCUT2D eigenvalue weighted by molar-refractivity contribution is 7.22. The lowest BCUT2D eigenvalue weighted by Crippen LogP contribution is -1.80. The van der Waals surface area contributed by atoms with Crippen LogP contribution in [0.5, 0.6) is 0 Å². The van der Waals surface area contributed by atoms with Crippen molar-refractivity contribution in [1.29, 1.82) is 0 Å². The van der Waals surface area contributed by atoms with Crippen LogP contribution in [0.2, 0.25) is 0 Å². The number of halogens is 1. The van der Waals surface area contributed by atoms with Gasteiger partial charge in [-0.15, -0.1) is 0 Å². The summed E-state index contributed by atoms with van der Waals surface area (Å²) >= 11 is 1.44. The first-order chi connectivity index (χ1) is 9.69. The molecular formula is C14H9FN4S. The Hall–Kier alpha value is -2.47. The fraction of sp³-hybridized carbons (Fsp3) is 0. The van der Waals surface area contributed by atoms with Gasteiger partial charge in [0, 0.05) is 5.56 Å². The normalized spacial score (nSPS) is 11.4. The lowest BCUT2D eigenvalue weighted by molar-refractivity contribution is 0.629. The Balaban J connectivity index is 1.90. The lowest BCUT2D eigenvalue weighted by Gasteiger charge is -1.95. The number of nitrogens with two attached hydrogens (primary N) is 1. The van der Waals surface area contributed by atoms with Crippen LogP contribution in [0.1, 0.15) is 0 Å². The Labute approximate surface area is 117 Å². The minimum absolute atomic E-state index is 0.279. The quantitative estimate of drug-likeness (QED) is 0.561. The van der Waals surface area contributed by atoms with Crippen molar-refractivity contribution in [2.45, 2.75) is 0 Å². The van der Waals surface area contributed by atoms with Crippen LogP contribution in [-0.4, -0.2) is 15.0 Å². The van der Waals surface area contributed by atoms with E-state index in [1.807, 2.05) is 18.2 Å². The zero-order chi connectivity index (χ0) is 13.7. The number of rotatable bonds is 1. The first-order valence-corrected chi connectivity index (χ1v) is 6.82. The zero-order valence-electron chi connectivity index (χ0n) is 10.2. The average Bonchev–Trinajstić information content (AvgIpc) is 2.99. The molecule has 0 aliphatic rings. The van der Waals surface area contributed by atoms with Crippen molar-refractivity contribution >= 4 is 37.7 Å². The minimum Gasteiger partial charge on any atom is -0.375 e. The Bertz CT molecular complexity index is 941. The monoisotopic (exact) mass is 284 g/mol. The van der Waals surface area contributed by atoms with Crippen molar-refractivity contribution in [2.24, 2.45) is 0 Å². The number of aromatic amines is 1. The fourth-order valence-corrected chi connectivity index (χ4v) is 2.98. The molecule has 0 bridgehead atoms. The molecule has 0 amide bonds. The third-order valence-electron chi connectivity index (χ3n) is 3.12. The van der Waals surface area contributed by atoms with Gasteiger partial charge in [-0.3, -0.25) is 0 Å². The highest BCUT2D eigenvalue weighted by atomic mass is 32.1. The predicted molar refractivity (Wildman–Crippen MR) is 79.1 cm³/mol. The van der Waals surface area contributed by atoms with E-state index in [-0.39, 0.29) is 5.82 Å². The highest BCUT2D eigenvalue weighted by Gasteiger charge is 2.08. The molecule has 20 heavy (non-hydrogen) atoms. The molecule has 0 atom stereocenters. The number of nitrogens with zero attached hydrogens (tertiary/aromatic N) is 2. The van der Waals surface area contributed by atoms with Gasteiger partial charge in [-0.25, -0.2) is 14.4 Å². The van der Waals surface area contributed by atoms with Crippen molar-refractivity contribution in [3.63, 3.8) is 0 Å². The molecule has 98 valence electrons. The summed E-state index contributed by atoms with van der Waals surface area (Å²) in [6.07, 6.45) is 0. The highest BCUT2D eigenvalue weighted by Crippen LogP contribution is 2.29. The molecule has 3 N–H and O–H groups in total. The topological polar surface area (TPSA) is 67.6 Å². The van der Waals surface area contributed by atoms with Gasteiger partial charge < -0.3 is 10.7 Å². The second kappa shape index (κ2) is 4.01. The van der Waals surface area contributed by atoms with Crippen molar-refractivity contribution < 1.29 is 4.39 Å². The fourth-order valence-electron chi connectivity index (χ4n) is 2.21. The SMILES string of the molecule is Nc1nc2ccc(-c3nc4ccc(F)cc4[nH]3)cc2s1. The van der Waals surface area contributed by atoms with Gasteiger partial charge in [0.1, 0.15) is 11.6 Å². The number of anilines is 1. The van der Waals surface area contributed by atoms with Gasteiger partial charge in [-0.2, -0.15) is 0 Å². The molecule has 0 fully saturated rings. The first kappa shape index (κ1) is 11.4. The zero-order valence-corrected chi connectivity index (χ0v) is 11.0. The molecule has 0 unspecified atom stereocenters. The van der Waals surface area contributed by atoms with Crippen molar-refractivity contribution in [3.05, 3.63) is 42.2 Å². The van der Waals surface area contributed by atoms with Crippen LogP contribution in [0.3, 0.4) is 0 Å². The number of hydrogen-bond acceptors (Lipinski definition) is 4. The number of fused-ring (bicyclic) bond motifs is 2. The van der Waals surface area contributed by atoms with E-state index in [0.29, 0.717) is 16.5 Å². The van der Waals surface area contributed by atoms with E-state index in [4.69, 9.17) is 5.73 Å². The number of nitrogen functional groups attached to an aromatic ring is 1. The van der Waals surface area contributed by atoms with Crippen LogP contribution in [0, 0.1) is 5.82 Å². The van der Waals surface area contributed by atoms with Crippen molar-refractivity contribution in [2.75, 3.05) is 5.73 Å². The molecule has 4 nitrogen and oxygen atoms in total. The molecule has 2 aromatic carbocycles. The summed E-state index contributed by atoms with van der Waals surface area (Å²) in [5.41, 5.74) is 8.93. The van der Waals surface area contributed by atoms with Crippen LogP contribution in [0.4, 0.5) is 9.52 Å². The van der Waals surface area contributed by atoms with Crippen LogP contribution in [-0.2, 0) is 0 Å². The summed E-state index contributed by atoms with van der Waals surface area (Å²) < 4.78 is 14.2. The van der Waals surface area contributed by atoms with Crippen LogP contribution in [0.15, 0.2) is 36.4 Å². The van der Waals surface area contributed by atoms with Crippen LogP contribution in [0.25, 0.3) is 32.6 Å². The van der Waals surface area contributed by atoms with Gasteiger partial charge >= 0.3 is 0 Å². The summed E-state index contributed by atoms with van der Waals surface area (Å²) in [5, 5.41) is 0.545. The van der Waals surface area contributed by atoms with E-state index in [1.54, 1.807) is 6.07 Å². The van der Waals surface area contributed by atoms with Crippen molar-refractivity contribution in [3.8, 4) is 11.4 Å². The lowest BCUT2D eigenvalue weighted by atomic mass is 10.2. The summed E-state index contributed by atoms with van der Waals surface area (Å²) in [6, 6.07) is 10.3. The number of nitrogens with one attached hydrogen (secondary N) is 1. The smallest absolute Gasteiger partial charge is 0.181 e. The van der Waals surface area contributed by atoms with E-state index >= 15 is 0 Å². The maximum absolute atomic E-state index is 13.2. The minimum atomic E-state index is -0.279. The van der Waals surface area contributed by atoms with E-state index in [1.165, 1.54) is 23.5 Å². The standard InChI is InChI=1S/C14H9FN4S/c15-8-2-4-9-11(6-8)18-13(17-9)7-1-3-10-12(5-7)20-14(16)19-10/h1-6H,(H2,16,19)(H,17,18). The molecule has 2 heterocycles. The summed E-state index contributed by atoms with van der Waals surface area (Å²) in [6.45, 7) is 0. The number of H-pyrrole nitrogens is 1. The second-order valence-corrected chi connectivity index (χ2v) is 5.54. The van der Waals surface area contributed by atoms with E-state index in [9.17, 15) is 4.39 Å². The largest absolute Gasteiger partial charge is 0.375 e. The molecule has 0 saturated heterocycles. The van der Waals surface area contributed by atoms with E-state index in [2.05, 4.69) is 15.0 Å². The Morgan fingerprint density at radius 2 is 1.90 bits per heavy atom. The molecule has 0 saturated carbocycles. The molecule has 6 heteroatoms. The van der Waals surface area contributed by atoms with Gasteiger partial charge in [-0.1, -0.05) is 11.3 Å². The number of hydrogen-bond donors (Lipinski definition) is 2. The number of imidazole rings is 1. The second-order valence-electron chi connectivity index (χ2n) is 4.48. The van der Waals surface area contributed by atoms with Gasteiger partial charge in [0.05, 0.1) is 21.3 Å². The van der Waals surface area contributed by atoms with E-state index < -0.39 is 0 Å². The molecule has 0 aliphatic carbocycles. The van der Waals surface area contributed by atoms with E-state index in [0.717, 1.165) is 21.3 Å². The van der Waals surface area contributed by atoms with Gasteiger partial charge in [-0.05, 0) is 36.4 Å². The summed E-state index contributed by atoms with van der Waals surface area (Å²) in [7, 11) is 0. The Morgan fingerprint density at radius 1 is 1.05 bits per heavy atom. The predicted octanol–water partition coefficient (Wildman–Crippen LogP) is 3.56. The Kier molecular flexibility index (Phi) is 2.28. The van der Waals surface area contributed by atoms with Crippen LogP contribution < -0.4 is 5.73 Å². The number of benzene rings is 2. The maximum Gasteiger partial charge on any atom is 0.181 e. The molecule has 2 aromatic heterocycles. The van der Waals surface area contributed by atoms with Gasteiger partial charge in [0.15, 0.2) is 5.13 Å². The van der Waals surface area contributed by atoms with Crippen LogP contribution >= 0.6 is 11.3 Å². The summed E-state index contributed by atoms with van der Waals surface area (Å²) in [4.78, 5) is 11.8.